The number of likely N-dealkylation sites (tertiary alicyclic amines) is 1. The molecule has 17 heavy (non-hydrogen) atoms. The van der Waals surface area contributed by atoms with Gasteiger partial charge in [-0.05, 0) is 71.2 Å². The number of hydrogen-bond donors (Lipinski definition) is 2. The first-order chi connectivity index (χ1) is 8.34. The van der Waals surface area contributed by atoms with Gasteiger partial charge in [0.15, 0.2) is 0 Å². The van der Waals surface area contributed by atoms with E-state index in [0.717, 1.165) is 5.92 Å². The molecule has 3 nitrogen and oxygen atoms in total. The first kappa shape index (κ1) is 13.3. The SMILES string of the molecule is CC(CN1CCCCC1)NCC1CCCNC1. The van der Waals surface area contributed by atoms with Crippen LogP contribution in [0.5, 0.6) is 0 Å². The second-order valence-corrected chi connectivity index (χ2v) is 5.88. The van der Waals surface area contributed by atoms with E-state index in [2.05, 4.69) is 22.5 Å². The molecule has 2 atom stereocenters. The Morgan fingerprint density at radius 2 is 2.06 bits per heavy atom. The molecule has 2 aliphatic heterocycles. The van der Waals surface area contributed by atoms with Crippen molar-refractivity contribution in [1.82, 2.24) is 15.5 Å². The summed E-state index contributed by atoms with van der Waals surface area (Å²) in [5.41, 5.74) is 0. The van der Waals surface area contributed by atoms with Crippen molar-refractivity contribution >= 4 is 0 Å². The summed E-state index contributed by atoms with van der Waals surface area (Å²) in [7, 11) is 0. The van der Waals surface area contributed by atoms with Gasteiger partial charge < -0.3 is 15.5 Å². The summed E-state index contributed by atoms with van der Waals surface area (Å²) >= 11 is 0. The van der Waals surface area contributed by atoms with E-state index in [1.807, 2.05) is 0 Å². The van der Waals surface area contributed by atoms with Crippen molar-refractivity contribution in [2.45, 2.75) is 45.1 Å². The van der Waals surface area contributed by atoms with Gasteiger partial charge in [0.1, 0.15) is 0 Å². The Kier molecular flexibility index (Phi) is 5.75. The molecule has 0 aromatic heterocycles. The van der Waals surface area contributed by atoms with Crippen molar-refractivity contribution in [3.8, 4) is 0 Å². The zero-order valence-corrected chi connectivity index (χ0v) is 11.4. The van der Waals surface area contributed by atoms with Gasteiger partial charge in [-0.2, -0.15) is 0 Å². The Hall–Kier alpha value is -0.120. The van der Waals surface area contributed by atoms with Crippen LogP contribution in [-0.4, -0.2) is 50.2 Å². The van der Waals surface area contributed by atoms with E-state index < -0.39 is 0 Å². The van der Waals surface area contributed by atoms with Crippen LogP contribution in [0.15, 0.2) is 0 Å². The maximum atomic E-state index is 3.72. The Balaban J connectivity index is 1.57. The molecule has 2 heterocycles. The third-order valence-corrected chi connectivity index (χ3v) is 4.13. The molecule has 0 bridgehead atoms. The Bertz CT molecular complexity index is 196. The summed E-state index contributed by atoms with van der Waals surface area (Å²) in [6.45, 7) is 9.84. The van der Waals surface area contributed by atoms with Crippen LogP contribution in [0.25, 0.3) is 0 Å². The highest BCUT2D eigenvalue weighted by Crippen LogP contribution is 2.10. The maximum absolute atomic E-state index is 3.72. The lowest BCUT2D eigenvalue weighted by molar-refractivity contribution is 0.205. The Labute approximate surface area is 106 Å². The lowest BCUT2D eigenvalue weighted by Crippen LogP contribution is -2.44. The zero-order chi connectivity index (χ0) is 11.9. The van der Waals surface area contributed by atoms with Crippen LogP contribution in [0, 0.1) is 5.92 Å². The summed E-state index contributed by atoms with van der Waals surface area (Å²) in [4.78, 5) is 2.63. The van der Waals surface area contributed by atoms with E-state index in [9.17, 15) is 0 Å². The van der Waals surface area contributed by atoms with E-state index in [0.29, 0.717) is 6.04 Å². The fourth-order valence-electron chi connectivity index (χ4n) is 3.06. The van der Waals surface area contributed by atoms with E-state index >= 15 is 0 Å². The summed E-state index contributed by atoms with van der Waals surface area (Å²) in [6, 6.07) is 0.648. The summed E-state index contributed by atoms with van der Waals surface area (Å²) in [5.74, 6) is 0.854. The highest BCUT2D eigenvalue weighted by molar-refractivity contribution is 4.75. The van der Waals surface area contributed by atoms with E-state index in [4.69, 9.17) is 0 Å². The van der Waals surface area contributed by atoms with Gasteiger partial charge >= 0.3 is 0 Å². The van der Waals surface area contributed by atoms with E-state index in [1.165, 1.54) is 71.4 Å². The average Bonchev–Trinajstić information content (AvgIpc) is 2.39. The minimum atomic E-state index is 0.648. The molecule has 0 spiro atoms. The molecule has 2 unspecified atom stereocenters. The molecule has 2 fully saturated rings. The monoisotopic (exact) mass is 239 g/mol. The molecule has 0 aromatic carbocycles. The van der Waals surface area contributed by atoms with Crippen molar-refractivity contribution in [3.63, 3.8) is 0 Å². The largest absolute Gasteiger partial charge is 0.316 e. The maximum Gasteiger partial charge on any atom is 0.0166 e. The quantitative estimate of drug-likeness (QED) is 0.760. The molecule has 0 amide bonds. The van der Waals surface area contributed by atoms with Crippen molar-refractivity contribution in [1.29, 1.82) is 0 Å². The van der Waals surface area contributed by atoms with E-state index in [1.54, 1.807) is 0 Å². The number of hydrogen-bond acceptors (Lipinski definition) is 3. The van der Waals surface area contributed by atoms with Gasteiger partial charge in [-0.1, -0.05) is 6.42 Å². The Morgan fingerprint density at radius 1 is 1.24 bits per heavy atom. The van der Waals surface area contributed by atoms with Gasteiger partial charge in [-0.3, -0.25) is 0 Å². The molecule has 2 aliphatic rings. The fraction of sp³-hybridized carbons (Fsp3) is 1.00. The molecule has 2 saturated heterocycles. The van der Waals surface area contributed by atoms with Gasteiger partial charge in [0.25, 0.3) is 0 Å². The molecule has 3 heteroatoms. The van der Waals surface area contributed by atoms with Gasteiger partial charge in [0.2, 0.25) is 0 Å². The van der Waals surface area contributed by atoms with Gasteiger partial charge in [-0.25, -0.2) is 0 Å². The first-order valence-electron chi connectivity index (χ1n) is 7.51. The van der Waals surface area contributed by atoms with E-state index in [-0.39, 0.29) is 0 Å². The van der Waals surface area contributed by atoms with Gasteiger partial charge in [0.05, 0.1) is 0 Å². The van der Waals surface area contributed by atoms with Crippen LogP contribution in [0.2, 0.25) is 0 Å². The number of nitrogens with zero attached hydrogens (tertiary/aromatic N) is 1. The third kappa shape index (κ3) is 4.94. The van der Waals surface area contributed by atoms with Crippen molar-refractivity contribution < 1.29 is 0 Å². The third-order valence-electron chi connectivity index (χ3n) is 4.13. The molecule has 2 rings (SSSR count). The predicted octanol–water partition coefficient (Wildman–Crippen LogP) is 1.45. The van der Waals surface area contributed by atoms with Crippen LogP contribution < -0.4 is 10.6 Å². The second kappa shape index (κ2) is 7.34. The normalized spacial score (nSPS) is 29.1. The van der Waals surface area contributed by atoms with Crippen LogP contribution in [-0.2, 0) is 0 Å². The number of nitrogens with one attached hydrogen (secondary N) is 2. The molecular formula is C14H29N3. The minimum Gasteiger partial charge on any atom is -0.316 e. The van der Waals surface area contributed by atoms with Crippen LogP contribution in [0.3, 0.4) is 0 Å². The molecule has 0 aromatic rings. The average molecular weight is 239 g/mol. The summed E-state index contributed by atoms with van der Waals surface area (Å²) < 4.78 is 0. The van der Waals surface area contributed by atoms with Crippen molar-refractivity contribution in [3.05, 3.63) is 0 Å². The van der Waals surface area contributed by atoms with Crippen molar-refractivity contribution in [2.75, 3.05) is 39.3 Å². The number of piperidine rings is 2. The predicted molar refractivity (Wildman–Crippen MR) is 73.3 cm³/mol. The highest BCUT2D eigenvalue weighted by Gasteiger charge is 2.16. The zero-order valence-electron chi connectivity index (χ0n) is 11.4. The standard InChI is InChI=1S/C14H29N3/c1-13(12-17-8-3-2-4-9-17)16-11-14-6-5-7-15-10-14/h13-16H,2-12H2,1H3. The Morgan fingerprint density at radius 3 is 2.76 bits per heavy atom. The van der Waals surface area contributed by atoms with Gasteiger partial charge in [0, 0.05) is 12.6 Å². The van der Waals surface area contributed by atoms with Gasteiger partial charge in [-0.15, -0.1) is 0 Å². The van der Waals surface area contributed by atoms with Crippen LogP contribution in [0.1, 0.15) is 39.0 Å². The fourth-order valence-corrected chi connectivity index (χ4v) is 3.06. The second-order valence-electron chi connectivity index (χ2n) is 5.88. The van der Waals surface area contributed by atoms with Crippen molar-refractivity contribution in [2.24, 2.45) is 5.92 Å². The van der Waals surface area contributed by atoms with Crippen LogP contribution >= 0.6 is 0 Å². The smallest absolute Gasteiger partial charge is 0.0166 e. The lowest BCUT2D eigenvalue weighted by atomic mass is 9.99. The van der Waals surface area contributed by atoms with Crippen LogP contribution in [0.4, 0.5) is 0 Å². The summed E-state index contributed by atoms with van der Waals surface area (Å²) in [5, 5.41) is 7.21. The lowest BCUT2D eigenvalue weighted by Gasteiger charge is -2.30. The topological polar surface area (TPSA) is 27.3 Å². The minimum absolute atomic E-state index is 0.648. The highest BCUT2D eigenvalue weighted by atomic mass is 15.1. The molecule has 0 radical (unpaired) electrons. The molecule has 2 N–H and O–H groups in total. The first-order valence-corrected chi connectivity index (χ1v) is 7.51. The molecular weight excluding hydrogens is 210 g/mol. The summed E-state index contributed by atoms with van der Waals surface area (Å²) in [6.07, 6.45) is 6.99. The molecule has 0 aliphatic carbocycles. The number of rotatable bonds is 5. The molecule has 0 saturated carbocycles. The molecule has 100 valence electrons.